The fourth-order valence-electron chi connectivity index (χ4n) is 2.70. The molecule has 124 valence electrons. The molecule has 24 heavy (non-hydrogen) atoms. The van der Waals surface area contributed by atoms with Gasteiger partial charge in [0, 0.05) is 5.56 Å². The second kappa shape index (κ2) is 5.88. The van der Waals surface area contributed by atoms with Crippen molar-refractivity contribution in [2.45, 2.75) is 19.4 Å². The Labute approximate surface area is 137 Å². The van der Waals surface area contributed by atoms with Crippen LogP contribution in [-0.4, -0.2) is 37.8 Å². The van der Waals surface area contributed by atoms with Crippen LogP contribution in [0.25, 0.3) is 11.2 Å². The largest absolute Gasteiger partial charge is 0.493 e. The molecule has 0 unspecified atom stereocenters. The minimum Gasteiger partial charge on any atom is -0.493 e. The van der Waals surface area contributed by atoms with Crippen molar-refractivity contribution in [3.05, 3.63) is 29.8 Å². The highest BCUT2D eigenvalue weighted by Gasteiger charge is 2.18. The number of hydrogen-bond acceptors (Lipinski definition) is 7. The van der Waals surface area contributed by atoms with Crippen molar-refractivity contribution in [2.24, 2.45) is 0 Å². The van der Waals surface area contributed by atoms with Gasteiger partial charge in [0.15, 0.2) is 17.0 Å². The first kappa shape index (κ1) is 14.6. The molecule has 1 aromatic carbocycles. The van der Waals surface area contributed by atoms with Crippen LogP contribution in [0.3, 0.4) is 0 Å². The zero-order valence-corrected chi connectivity index (χ0v) is 13.0. The summed E-state index contributed by atoms with van der Waals surface area (Å²) in [5.41, 5.74) is 7.65. The first-order valence-electron chi connectivity index (χ1n) is 7.78. The Morgan fingerprint density at radius 3 is 2.71 bits per heavy atom. The molecule has 0 saturated heterocycles. The Morgan fingerprint density at radius 1 is 1.04 bits per heavy atom. The van der Waals surface area contributed by atoms with Gasteiger partial charge < -0.3 is 20.3 Å². The summed E-state index contributed by atoms with van der Waals surface area (Å²) in [5, 5.41) is 10.2. The van der Waals surface area contributed by atoms with E-state index in [1.807, 2.05) is 24.3 Å². The molecule has 0 saturated carbocycles. The van der Waals surface area contributed by atoms with E-state index in [9.17, 15) is 5.11 Å². The number of para-hydroxylation sites is 1. The lowest BCUT2D eigenvalue weighted by atomic mass is 10.2. The zero-order valence-electron chi connectivity index (χ0n) is 13.0. The lowest BCUT2D eigenvalue weighted by Gasteiger charge is -2.12. The summed E-state index contributed by atoms with van der Waals surface area (Å²) in [5.74, 6) is 0.963. The van der Waals surface area contributed by atoms with Gasteiger partial charge in [-0.2, -0.15) is 15.0 Å². The zero-order chi connectivity index (χ0) is 16.5. The molecule has 0 fully saturated rings. The summed E-state index contributed by atoms with van der Waals surface area (Å²) < 4.78 is 13.0. The summed E-state index contributed by atoms with van der Waals surface area (Å²) in [7, 11) is 0. The highest BCUT2D eigenvalue weighted by atomic mass is 16.5. The number of fused-ring (bicyclic) bond motifs is 2. The van der Waals surface area contributed by atoms with Gasteiger partial charge in [0.25, 0.3) is 6.01 Å². The third-order valence-corrected chi connectivity index (χ3v) is 3.91. The van der Waals surface area contributed by atoms with Crippen molar-refractivity contribution in [2.75, 3.05) is 18.9 Å². The highest BCUT2D eigenvalue weighted by molar-refractivity contribution is 5.83. The van der Waals surface area contributed by atoms with Gasteiger partial charge in [0.05, 0.1) is 19.8 Å². The van der Waals surface area contributed by atoms with Gasteiger partial charge in [-0.15, -0.1) is 0 Å². The maximum atomic E-state index is 10.2. The van der Waals surface area contributed by atoms with Crippen LogP contribution in [0.2, 0.25) is 0 Å². The number of imidazole rings is 1. The van der Waals surface area contributed by atoms with E-state index in [1.54, 1.807) is 4.57 Å². The van der Waals surface area contributed by atoms with Crippen LogP contribution in [0.4, 0.5) is 5.82 Å². The number of nitrogens with zero attached hydrogens (tertiary/aromatic N) is 4. The van der Waals surface area contributed by atoms with Crippen LogP contribution < -0.4 is 15.2 Å². The molecule has 4 rings (SSSR count). The average Bonchev–Trinajstić information content (AvgIpc) is 2.89. The summed E-state index contributed by atoms with van der Waals surface area (Å²) >= 11 is 0. The fourth-order valence-corrected chi connectivity index (χ4v) is 2.70. The van der Waals surface area contributed by atoms with Gasteiger partial charge >= 0.3 is 6.01 Å². The number of benzene rings is 1. The lowest BCUT2D eigenvalue weighted by Crippen LogP contribution is -2.06. The monoisotopic (exact) mass is 327 g/mol. The number of hydrogen-bond donors (Lipinski definition) is 2. The molecule has 1 aliphatic heterocycles. The average molecular weight is 327 g/mol. The van der Waals surface area contributed by atoms with E-state index in [0.29, 0.717) is 30.9 Å². The lowest BCUT2D eigenvalue weighted by molar-refractivity contribution is 0.255. The first-order chi connectivity index (χ1) is 11.7. The van der Waals surface area contributed by atoms with Crippen molar-refractivity contribution in [1.82, 2.24) is 19.5 Å². The molecular formula is C16H17N5O3. The van der Waals surface area contributed by atoms with Crippen molar-refractivity contribution >= 4 is 17.0 Å². The predicted octanol–water partition coefficient (Wildman–Crippen LogP) is 1.71. The Morgan fingerprint density at radius 2 is 1.83 bits per heavy atom. The maximum absolute atomic E-state index is 10.2. The number of rotatable bonds is 0. The van der Waals surface area contributed by atoms with Crippen LogP contribution in [0, 0.1) is 0 Å². The minimum absolute atomic E-state index is 0.173. The van der Waals surface area contributed by atoms with Crippen LogP contribution in [0.5, 0.6) is 17.8 Å². The van der Waals surface area contributed by atoms with Gasteiger partial charge in [0.2, 0.25) is 0 Å². The number of aromatic hydroxyl groups is 1. The SMILES string of the molecule is Nc1nc2nc3c1nc(O)n3Cc1ccccc1OCCCCO2. The molecule has 0 atom stereocenters. The molecule has 8 nitrogen and oxygen atoms in total. The van der Waals surface area contributed by atoms with Crippen molar-refractivity contribution in [3.8, 4) is 17.8 Å². The van der Waals surface area contributed by atoms with E-state index in [0.717, 1.165) is 24.2 Å². The summed E-state index contributed by atoms with van der Waals surface area (Å²) in [6.45, 7) is 1.41. The molecule has 8 heteroatoms. The van der Waals surface area contributed by atoms with Gasteiger partial charge in [-0.1, -0.05) is 18.2 Å². The van der Waals surface area contributed by atoms with Gasteiger partial charge in [-0.3, -0.25) is 4.57 Å². The Kier molecular flexibility index (Phi) is 3.56. The van der Waals surface area contributed by atoms with Gasteiger partial charge in [-0.05, 0) is 18.9 Å². The second-order valence-corrected chi connectivity index (χ2v) is 5.57. The smallest absolute Gasteiger partial charge is 0.320 e. The quantitative estimate of drug-likeness (QED) is 0.647. The molecule has 0 amide bonds. The van der Waals surface area contributed by atoms with E-state index < -0.39 is 0 Å². The van der Waals surface area contributed by atoms with Gasteiger partial charge in [0.1, 0.15) is 5.75 Å². The number of aromatic nitrogens is 4. The topological polar surface area (TPSA) is 108 Å². The standard InChI is InChI=1S/C16H17N5O3/c17-13-12-14-20-15(19-13)24-8-4-3-7-23-11-6-2-1-5-10(11)9-21(14)16(22)18-12/h1-2,5-6H,3-4,7-9H2,(H,18,22)(H2,17,19,20). The number of nitrogen functional groups attached to an aromatic ring is 1. The summed E-state index contributed by atoms with van der Waals surface area (Å²) in [6, 6.07) is 7.72. The number of ether oxygens (including phenoxy) is 2. The van der Waals surface area contributed by atoms with E-state index in [2.05, 4.69) is 15.0 Å². The fraction of sp³-hybridized carbons (Fsp3) is 0.312. The molecule has 0 aliphatic carbocycles. The van der Waals surface area contributed by atoms with Crippen molar-refractivity contribution in [3.63, 3.8) is 0 Å². The molecule has 3 heterocycles. The van der Waals surface area contributed by atoms with E-state index in [-0.39, 0.29) is 17.8 Å². The maximum Gasteiger partial charge on any atom is 0.320 e. The Hall–Kier alpha value is -3.03. The molecule has 1 aliphatic rings. The van der Waals surface area contributed by atoms with E-state index in [4.69, 9.17) is 15.2 Å². The highest BCUT2D eigenvalue weighted by Crippen LogP contribution is 2.28. The summed E-state index contributed by atoms with van der Waals surface area (Å²) in [6.07, 6.45) is 1.67. The van der Waals surface area contributed by atoms with E-state index >= 15 is 0 Å². The van der Waals surface area contributed by atoms with Crippen LogP contribution in [0.15, 0.2) is 24.3 Å². The number of anilines is 1. The minimum atomic E-state index is -0.173. The molecule has 0 spiro atoms. The molecular weight excluding hydrogens is 310 g/mol. The normalized spacial score (nSPS) is 14.8. The Balaban J connectivity index is 1.88. The molecule has 3 N–H and O–H groups in total. The molecule has 2 aromatic heterocycles. The number of nitrogens with two attached hydrogens (primary N) is 1. The molecule has 3 aromatic rings. The van der Waals surface area contributed by atoms with Crippen LogP contribution >= 0.6 is 0 Å². The predicted molar refractivity (Wildman–Crippen MR) is 87.2 cm³/mol. The molecule has 0 radical (unpaired) electrons. The first-order valence-corrected chi connectivity index (χ1v) is 7.78. The van der Waals surface area contributed by atoms with Crippen LogP contribution in [-0.2, 0) is 6.54 Å². The van der Waals surface area contributed by atoms with Crippen molar-refractivity contribution < 1.29 is 14.6 Å². The molecule has 2 bridgehead atoms. The van der Waals surface area contributed by atoms with Crippen LogP contribution in [0.1, 0.15) is 18.4 Å². The summed E-state index contributed by atoms with van der Waals surface area (Å²) in [4.78, 5) is 12.5. The third kappa shape index (κ3) is 2.55. The van der Waals surface area contributed by atoms with Gasteiger partial charge in [-0.25, -0.2) is 0 Å². The van der Waals surface area contributed by atoms with Crippen molar-refractivity contribution in [1.29, 1.82) is 0 Å². The van der Waals surface area contributed by atoms with E-state index in [1.165, 1.54) is 0 Å². The second-order valence-electron chi connectivity index (χ2n) is 5.57. The Bertz CT molecular complexity index is 893. The third-order valence-electron chi connectivity index (χ3n) is 3.91.